The number of aromatic hydroxyl groups is 1. The Bertz CT molecular complexity index is 849. The predicted molar refractivity (Wildman–Crippen MR) is 125 cm³/mol. The Hall–Kier alpha value is -3.26. The number of nitrogens with two attached hydrogens (primary N) is 2. The molecule has 0 saturated heterocycles. The van der Waals surface area contributed by atoms with E-state index >= 15 is 0 Å². The molecule has 196 valence electrons. The van der Waals surface area contributed by atoms with Gasteiger partial charge >= 0.3 is 5.97 Å². The average Bonchev–Trinajstić information content (AvgIpc) is 2.80. The summed E-state index contributed by atoms with van der Waals surface area (Å²) in [5.41, 5.74) is 11.9. The van der Waals surface area contributed by atoms with Crippen molar-refractivity contribution in [1.29, 1.82) is 0 Å². The Morgan fingerprint density at radius 3 is 2.06 bits per heavy atom. The topological polar surface area (TPSA) is 237 Å². The van der Waals surface area contributed by atoms with Crippen molar-refractivity contribution in [2.45, 2.75) is 62.9 Å². The molecular formula is C22H35N5O8. The Morgan fingerprint density at radius 2 is 1.54 bits per heavy atom. The molecule has 0 aliphatic heterocycles. The number of carbonyl (C=O) groups excluding carboxylic acids is 3. The van der Waals surface area contributed by atoms with E-state index in [0.29, 0.717) is 24.9 Å². The number of aliphatic carboxylic acids is 1. The summed E-state index contributed by atoms with van der Waals surface area (Å²) in [7, 11) is 0. The zero-order valence-corrected chi connectivity index (χ0v) is 19.5. The van der Waals surface area contributed by atoms with E-state index in [9.17, 15) is 39.6 Å². The number of hydrogen-bond acceptors (Lipinski definition) is 9. The Kier molecular flexibility index (Phi) is 12.7. The molecule has 0 spiro atoms. The molecule has 0 radical (unpaired) electrons. The van der Waals surface area contributed by atoms with Gasteiger partial charge in [-0.05, 0) is 56.8 Å². The minimum atomic E-state index is -1.53. The number of carboxylic acid groups (broad SMARTS) is 1. The highest BCUT2D eigenvalue weighted by atomic mass is 16.4. The summed E-state index contributed by atoms with van der Waals surface area (Å²) in [5, 5.41) is 44.9. The fourth-order valence-corrected chi connectivity index (χ4v) is 3.12. The maximum absolute atomic E-state index is 12.7. The van der Waals surface area contributed by atoms with E-state index in [1.54, 1.807) is 12.1 Å². The minimum Gasteiger partial charge on any atom is -0.508 e. The Balaban J connectivity index is 2.77. The number of carboxylic acids is 1. The van der Waals surface area contributed by atoms with E-state index < -0.39 is 60.6 Å². The van der Waals surface area contributed by atoms with Crippen LogP contribution in [0, 0.1) is 0 Å². The smallest absolute Gasteiger partial charge is 0.326 e. The normalized spacial score (nSPS) is 15.2. The summed E-state index contributed by atoms with van der Waals surface area (Å²) >= 11 is 0. The number of amides is 3. The van der Waals surface area contributed by atoms with Crippen LogP contribution in [0.4, 0.5) is 0 Å². The van der Waals surface area contributed by atoms with Crippen molar-refractivity contribution in [3.8, 4) is 5.75 Å². The van der Waals surface area contributed by atoms with Gasteiger partial charge in [0, 0.05) is 0 Å². The first-order valence-corrected chi connectivity index (χ1v) is 11.2. The molecule has 1 aromatic rings. The van der Waals surface area contributed by atoms with Crippen molar-refractivity contribution >= 4 is 23.7 Å². The van der Waals surface area contributed by atoms with Gasteiger partial charge in [-0.25, -0.2) is 4.79 Å². The highest BCUT2D eigenvalue weighted by molar-refractivity contribution is 5.94. The van der Waals surface area contributed by atoms with Crippen molar-refractivity contribution in [3.05, 3.63) is 29.8 Å². The molecule has 5 atom stereocenters. The first kappa shape index (κ1) is 29.8. The van der Waals surface area contributed by atoms with Crippen molar-refractivity contribution in [2.75, 3.05) is 13.2 Å². The van der Waals surface area contributed by atoms with E-state index in [2.05, 4.69) is 16.0 Å². The van der Waals surface area contributed by atoms with Crippen LogP contribution in [0.5, 0.6) is 5.75 Å². The zero-order valence-electron chi connectivity index (χ0n) is 19.5. The van der Waals surface area contributed by atoms with Crippen LogP contribution in [-0.2, 0) is 25.6 Å². The monoisotopic (exact) mass is 497 g/mol. The first-order valence-electron chi connectivity index (χ1n) is 11.2. The van der Waals surface area contributed by atoms with Gasteiger partial charge in [0.1, 0.15) is 23.9 Å². The number of phenols is 1. The fraction of sp³-hybridized carbons (Fsp3) is 0.545. The molecule has 0 aromatic heterocycles. The van der Waals surface area contributed by atoms with Gasteiger partial charge in [0.2, 0.25) is 17.7 Å². The van der Waals surface area contributed by atoms with E-state index in [0.717, 1.165) is 0 Å². The molecule has 11 N–H and O–H groups in total. The molecule has 13 heteroatoms. The number of hydrogen-bond donors (Lipinski definition) is 9. The van der Waals surface area contributed by atoms with Crippen LogP contribution in [0.3, 0.4) is 0 Å². The van der Waals surface area contributed by atoms with Crippen molar-refractivity contribution < 1.29 is 39.6 Å². The summed E-state index contributed by atoms with van der Waals surface area (Å²) in [6.07, 6.45) is -0.182. The van der Waals surface area contributed by atoms with Gasteiger partial charge in [-0.2, -0.15) is 0 Å². The molecule has 1 rings (SSSR count). The van der Waals surface area contributed by atoms with Gasteiger partial charge in [0.25, 0.3) is 0 Å². The van der Waals surface area contributed by atoms with Gasteiger partial charge in [-0.1, -0.05) is 12.1 Å². The van der Waals surface area contributed by atoms with Crippen LogP contribution in [0.2, 0.25) is 0 Å². The maximum atomic E-state index is 12.7. The van der Waals surface area contributed by atoms with Gasteiger partial charge in [-0.3, -0.25) is 14.4 Å². The zero-order chi connectivity index (χ0) is 26.5. The fourth-order valence-electron chi connectivity index (χ4n) is 3.12. The van der Waals surface area contributed by atoms with Crippen LogP contribution < -0.4 is 27.4 Å². The number of rotatable bonds is 15. The van der Waals surface area contributed by atoms with E-state index in [4.69, 9.17) is 11.5 Å². The maximum Gasteiger partial charge on any atom is 0.326 e. The van der Waals surface area contributed by atoms with Crippen LogP contribution in [0.1, 0.15) is 31.7 Å². The molecule has 5 unspecified atom stereocenters. The molecule has 0 aliphatic rings. The Morgan fingerprint density at radius 1 is 0.943 bits per heavy atom. The number of phenolic OH excluding ortho intramolecular Hbond substituents is 1. The van der Waals surface area contributed by atoms with Gasteiger partial charge in [0.05, 0.1) is 18.8 Å². The van der Waals surface area contributed by atoms with Crippen molar-refractivity contribution in [2.24, 2.45) is 11.5 Å². The lowest BCUT2D eigenvalue weighted by molar-refractivity contribution is -0.143. The van der Waals surface area contributed by atoms with Crippen LogP contribution in [0.15, 0.2) is 24.3 Å². The third kappa shape index (κ3) is 10.3. The van der Waals surface area contributed by atoms with Crippen LogP contribution in [-0.4, -0.2) is 87.5 Å². The molecule has 13 nitrogen and oxygen atoms in total. The third-order valence-corrected chi connectivity index (χ3v) is 5.17. The van der Waals surface area contributed by atoms with E-state index in [1.807, 2.05) is 0 Å². The number of aliphatic hydroxyl groups excluding tert-OH is 2. The SMILES string of the molecule is CC(O)C(NC(=O)C(N)Cc1ccc(O)cc1)C(=O)NC(CO)C(=O)NC(CCCCN)C(=O)O. The molecule has 0 heterocycles. The lowest BCUT2D eigenvalue weighted by Gasteiger charge is -2.25. The second kappa shape index (κ2) is 14.9. The summed E-state index contributed by atoms with van der Waals surface area (Å²) in [5.74, 6) is -3.91. The first-order chi connectivity index (χ1) is 16.5. The number of carbonyl (C=O) groups is 4. The van der Waals surface area contributed by atoms with Crippen LogP contribution >= 0.6 is 0 Å². The highest BCUT2D eigenvalue weighted by Crippen LogP contribution is 2.11. The molecule has 0 saturated carbocycles. The summed E-state index contributed by atoms with van der Waals surface area (Å²) in [6.45, 7) is 0.746. The predicted octanol–water partition coefficient (Wildman–Crippen LogP) is -2.70. The standard InChI is InChI=1S/C22H35N5O8/c1-12(29)18(27-19(31)15(24)10-13-5-7-14(30)8-6-13)21(33)26-17(11-28)20(32)25-16(22(34)35)4-2-3-9-23/h5-8,12,15-18,28-30H,2-4,9-11,23-24H2,1H3,(H,25,32)(H,26,33)(H,27,31)(H,34,35). The number of unbranched alkanes of at least 4 members (excludes halogenated alkanes) is 1. The van der Waals surface area contributed by atoms with Gasteiger partial charge < -0.3 is 47.8 Å². The molecule has 0 aliphatic carbocycles. The highest BCUT2D eigenvalue weighted by Gasteiger charge is 2.32. The lowest BCUT2D eigenvalue weighted by Crippen LogP contribution is -2.60. The second-order valence-corrected chi connectivity index (χ2v) is 8.13. The van der Waals surface area contributed by atoms with Gasteiger partial charge in [0.15, 0.2) is 0 Å². The quantitative estimate of drug-likeness (QED) is 0.114. The minimum absolute atomic E-state index is 0.0466. The van der Waals surface area contributed by atoms with Crippen molar-refractivity contribution in [3.63, 3.8) is 0 Å². The average molecular weight is 498 g/mol. The largest absolute Gasteiger partial charge is 0.508 e. The van der Waals surface area contributed by atoms with Crippen LogP contribution in [0.25, 0.3) is 0 Å². The number of benzene rings is 1. The van der Waals surface area contributed by atoms with Crippen molar-refractivity contribution in [1.82, 2.24) is 16.0 Å². The van der Waals surface area contributed by atoms with E-state index in [-0.39, 0.29) is 18.6 Å². The van der Waals surface area contributed by atoms with Gasteiger partial charge in [-0.15, -0.1) is 0 Å². The molecule has 3 amide bonds. The molecule has 0 bridgehead atoms. The lowest BCUT2D eigenvalue weighted by atomic mass is 10.0. The number of aliphatic hydroxyl groups is 2. The number of nitrogens with one attached hydrogen (secondary N) is 3. The summed E-state index contributed by atoms with van der Waals surface area (Å²) < 4.78 is 0. The van der Waals surface area contributed by atoms with E-state index in [1.165, 1.54) is 19.1 Å². The molecule has 35 heavy (non-hydrogen) atoms. The third-order valence-electron chi connectivity index (χ3n) is 5.17. The second-order valence-electron chi connectivity index (χ2n) is 8.13. The Labute approximate surface area is 202 Å². The molecule has 1 aromatic carbocycles. The summed E-state index contributed by atoms with van der Waals surface area (Å²) in [4.78, 5) is 49.0. The summed E-state index contributed by atoms with van der Waals surface area (Å²) in [6, 6.07) is 0.648. The molecular weight excluding hydrogens is 462 g/mol. The molecule has 0 fully saturated rings.